The second-order valence-electron chi connectivity index (χ2n) is 4.57. The summed E-state index contributed by atoms with van der Waals surface area (Å²) in [6.45, 7) is 1.01. The van der Waals surface area contributed by atoms with Crippen molar-refractivity contribution >= 4 is 0 Å². The summed E-state index contributed by atoms with van der Waals surface area (Å²) >= 11 is 0. The van der Waals surface area contributed by atoms with Gasteiger partial charge < -0.3 is 15.2 Å². The van der Waals surface area contributed by atoms with Gasteiger partial charge in [0.15, 0.2) is 5.82 Å². The van der Waals surface area contributed by atoms with Crippen molar-refractivity contribution in [3.63, 3.8) is 0 Å². The van der Waals surface area contributed by atoms with E-state index in [1.165, 1.54) is 0 Å². The molecule has 2 rings (SSSR count). The molecule has 0 aliphatic carbocycles. The van der Waals surface area contributed by atoms with Crippen LogP contribution in [0.15, 0.2) is 30.6 Å². The lowest BCUT2D eigenvalue weighted by Gasteiger charge is -2.12. The molecule has 0 spiro atoms. The molecular weight excluding hydrogens is 270 g/mol. The maximum Gasteiger partial charge on any atom is 0.164 e. The number of aryl methyl sites for hydroxylation is 1. The number of rotatable bonds is 7. The summed E-state index contributed by atoms with van der Waals surface area (Å²) in [5.74, 6) is 1.24. The van der Waals surface area contributed by atoms with Crippen LogP contribution in [-0.4, -0.2) is 39.1 Å². The van der Waals surface area contributed by atoms with Gasteiger partial charge in [0.2, 0.25) is 0 Å². The van der Waals surface area contributed by atoms with E-state index in [0.29, 0.717) is 30.2 Å². The Labute approximate surface area is 122 Å². The molecule has 7 heteroatoms. The van der Waals surface area contributed by atoms with Crippen molar-refractivity contribution in [2.24, 2.45) is 7.05 Å². The number of hydrogen-bond acceptors (Lipinski definition) is 6. The largest absolute Gasteiger partial charge is 0.491 e. The molecule has 1 aromatic carbocycles. The van der Waals surface area contributed by atoms with Gasteiger partial charge in [-0.25, -0.2) is 4.98 Å². The quantitative estimate of drug-likeness (QED) is 0.756. The zero-order chi connectivity index (χ0) is 15.1. The summed E-state index contributed by atoms with van der Waals surface area (Å²) in [5.41, 5.74) is 0.529. The highest BCUT2D eigenvalue weighted by Crippen LogP contribution is 2.12. The van der Waals surface area contributed by atoms with Crippen LogP contribution in [0, 0.1) is 11.3 Å². The Kier molecular flexibility index (Phi) is 5.26. The van der Waals surface area contributed by atoms with Crippen molar-refractivity contribution in [2.75, 3.05) is 13.2 Å². The topological polar surface area (TPSA) is 96.0 Å². The van der Waals surface area contributed by atoms with Crippen molar-refractivity contribution in [3.8, 4) is 11.8 Å². The third-order valence-corrected chi connectivity index (χ3v) is 2.72. The molecule has 21 heavy (non-hydrogen) atoms. The lowest BCUT2D eigenvalue weighted by atomic mass is 10.2. The van der Waals surface area contributed by atoms with Crippen LogP contribution in [0.3, 0.4) is 0 Å². The molecule has 1 heterocycles. The Morgan fingerprint density at radius 3 is 3.10 bits per heavy atom. The van der Waals surface area contributed by atoms with Crippen molar-refractivity contribution in [2.45, 2.75) is 12.6 Å². The van der Waals surface area contributed by atoms with Crippen LogP contribution < -0.4 is 10.1 Å². The minimum Gasteiger partial charge on any atom is -0.491 e. The van der Waals surface area contributed by atoms with Gasteiger partial charge in [0.25, 0.3) is 0 Å². The number of hydrogen-bond donors (Lipinski definition) is 2. The normalized spacial score (nSPS) is 11.9. The molecule has 0 aliphatic heterocycles. The van der Waals surface area contributed by atoms with Crippen LogP contribution in [0.1, 0.15) is 11.4 Å². The van der Waals surface area contributed by atoms with E-state index in [1.54, 1.807) is 42.3 Å². The Morgan fingerprint density at radius 1 is 1.52 bits per heavy atom. The second kappa shape index (κ2) is 7.38. The molecule has 0 saturated heterocycles. The van der Waals surface area contributed by atoms with Crippen molar-refractivity contribution in [1.82, 2.24) is 20.1 Å². The van der Waals surface area contributed by atoms with Crippen molar-refractivity contribution in [1.29, 1.82) is 5.26 Å². The Balaban J connectivity index is 1.69. The number of nitrogens with zero attached hydrogens (tertiary/aromatic N) is 4. The molecule has 0 amide bonds. The van der Waals surface area contributed by atoms with Crippen LogP contribution in [0.4, 0.5) is 0 Å². The minimum absolute atomic E-state index is 0.150. The summed E-state index contributed by atoms with van der Waals surface area (Å²) in [6, 6.07) is 8.86. The fourth-order valence-electron chi connectivity index (χ4n) is 1.72. The van der Waals surface area contributed by atoms with E-state index in [2.05, 4.69) is 15.4 Å². The van der Waals surface area contributed by atoms with Gasteiger partial charge in [-0.2, -0.15) is 10.4 Å². The molecule has 0 bridgehead atoms. The average molecular weight is 287 g/mol. The van der Waals surface area contributed by atoms with Crippen LogP contribution in [0.5, 0.6) is 5.75 Å². The third kappa shape index (κ3) is 4.87. The Hall–Kier alpha value is -2.43. The van der Waals surface area contributed by atoms with Crippen LogP contribution in [-0.2, 0) is 13.6 Å². The van der Waals surface area contributed by atoms with Crippen LogP contribution in [0.2, 0.25) is 0 Å². The summed E-state index contributed by atoms with van der Waals surface area (Å²) < 4.78 is 7.06. The summed E-state index contributed by atoms with van der Waals surface area (Å²) in [5, 5.41) is 25.8. The van der Waals surface area contributed by atoms with E-state index in [0.717, 1.165) is 0 Å². The van der Waals surface area contributed by atoms with E-state index in [9.17, 15) is 5.11 Å². The van der Waals surface area contributed by atoms with E-state index in [-0.39, 0.29) is 6.61 Å². The predicted octanol–water partition coefficient (Wildman–Crippen LogP) is 0.216. The maximum absolute atomic E-state index is 9.82. The smallest absolute Gasteiger partial charge is 0.164 e. The van der Waals surface area contributed by atoms with E-state index in [4.69, 9.17) is 10.00 Å². The highest BCUT2D eigenvalue weighted by atomic mass is 16.5. The standard InChI is InChI=1S/C14H17N5O2/c1-19-10-17-14(18-19)8-16-7-12(20)9-21-13-4-2-3-11(5-13)6-15/h2-5,10,12,16,20H,7-9H2,1H3. The Bertz CT molecular complexity index is 620. The van der Waals surface area contributed by atoms with Crippen molar-refractivity contribution in [3.05, 3.63) is 42.0 Å². The zero-order valence-corrected chi connectivity index (χ0v) is 11.7. The minimum atomic E-state index is -0.653. The molecule has 1 atom stereocenters. The molecule has 2 N–H and O–H groups in total. The van der Waals surface area contributed by atoms with E-state index >= 15 is 0 Å². The number of nitriles is 1. The Morgan fingerprint density at radius 2 is 2.38 bits per heavy atom. The van der Waals surface area contributed by atoms with E-state index < -0.39 is 6.10 Å². The molecule has 0 saturated carbocycles. The molecule has 1 unspecified atom stereocenters. The highest BCUT2D eigenvalue weighted by molar-refractivity contribution is 5.36. The highest BCUT2D eigenvalue weighted by Gasteiger charge is 2.06. The summed E-state index contributed by atoms with van der Waals surface area (Å²) in [4.78, 5) is 4.07. The molecule has 2 aromatic rings. The average Bonchev–Trinajstić information content (AvgIpc) is 2.91. The third-order valence-electron chi connectivity index (χ3n) is 2.72. The van der Waals surface area contributed by atoms with Gasteiger partial charge in [-0.1, -0.05) is 6.07 Å². The monoisotopic (exact) mass is 287 g/mol. The number of aliphatic hydroxyl groups excluding tert-OH is 1. The maximum atomic E-state index is 9.82. The van der Waals surface area contributed by atoms with Crippen LogP contribution >= 0.6 is 0 Å². The molecule has 7 nitrogen and oxygen atoms in total. The van der Waals surface area contributed by atoms with Gasteiger partial charge in [-0.3, -0.25) is 4.68 Å². The summed E-state index contributed by atoms with van der Waals surface area (Å²) in [7, 11) is 1.80. The van der Waals surface area contributed by atoms with Gasteiger partial charge in [0.1, 0.15) is 24.8 Å². The molecule has 0 aliphatic rings. The summed E-state index contributed by atoms with van der Waals surface area (Å²) in [6.07, 6.45) is 0.970. The van der Waals surface area contributed by atoms with Crippen molar-refractivity contribution < 1.29 is 9.84 Å². The number of aliphatic hydroxyl groups is 1. The van der Waals surface area contributed by atoms with Gasteiger partial charge >= 0.3 is 0 Å². The number of benzene rings is 1. The van der Waals surface area contributed by atoms with Gasteiger partial charge in [-0.05, 0) is 18.2 Å². The lowest BCUT2D eigenvalue weighted by molar-refractivity contribution is 0.106. The molecule has 0 fully saturated rings. The van der Waals surface area contributed by atoms with Gasteiger partial charge in [0.05, 0.1) is 18.2 Å². The van der Waals surface area contributed by atoms with Gasteiger partial charge in [-0.15, -0.1) is 0 Å². The fourth-order valence-corrected chi connectivity index (χ4v) is 1.72. The molecular formula is C14H17N5O2. The first kappa shape index (κ1) is 15.0. The molecule has 110 valence electrons. The number of aromatic nitrogens is 3. The van der Waals surface area contributed by atoms with E-state index in [1.807, 2.05) is 6.07 Å². The SMILES string of the molecule is Cn1cnc(CNCC(O)COc2cccc(C#N)c2)n1. The van der Waals surface area contributed by atoms with Crippen LogP contribution in [0.25, 0.3) is 0 Å². The fraction of sp³-hybridized carbons (Fsp3) is 0.357. The first-order chi connectivity index (χ1) is 10.2. The number of nitrogens with one attached hydrogen (secondary N) is 1. The first-order valence-electron chi connectivity index (χ1n) is 6.53. The predicted molar refractivity (Wildman–Crippen MR) is 75.4 cm³/mol. The van der Waals surface area contributed by atoms with Gasteiger partial charge in [0, 0.05) is 13.6 Å². The lowest BCUT2D eigenvalue weighted by Crippen LogP contribution is -2.31. The zero-order valence-electron chi connectivity index (χ0n) is 11.7. The number of ether oxygens (including phenoxy) is 1. The molecule has 0 radical (unpaired) electrons. The second-order valence-corrected chi connectivity index (χ2v) is 4.57. The first-order valence-corrected chi connectivity index (χ1v) is 6.53. The molecule has 1 aromatic heterocycles.